The topological polar surface area (TPSA) is 105 Å². The molecule has 0 heterocycles. The lowest BCUT2D eigenvalue weighted by atomic mass is 9.75. The standard InChI is InChI=1S/C20H28N2O5/c1-12-13(2)20(16-6-4-15(5-7-16)9-22-14(3)24)17(8-19(12)27-26)18(25)10-21-11-23/h8,11,15-16,26H,4-7,9-10H2,1-3H3,(H,21,23)(H,22,24). The van der Waals surface area contributed by atoms with E-state index in [4.69, 9.17) is 5.26 Å². The van der Waals surface area contributed by atoms with Crippen molar-refractivity contribution in [2.45, 2.75) is 52.4 Å². The molecule has 1 fully saturated rings. The number of hydrogen-bond acceptors (Lipinski definition) is 5. The first kappa shape index (κ1) is 20.9. The van der Waals surface area contributed by atoms with E-state index in [2.05, 4.69) is 15.5 Å². The molecular weight excluding hydrogens is 348 g/mol. The number of amides is 2. The van der Waals surface area contributed by atoms with Crippen molar-refractivity contribution in [3.05, 3.63) is 28.3 Å². The highest BCUT2D eigenvalue weighted by Gasteiger charge is 2.28. The minimum atomic E-state index is -0.209. The van der Waals surface area contributed by atoms with E-state index in [9.17, 15) is 14.4 Å². The maximum Gasteiger partial charge on any atom is 0.216 e. The average molecular weight is 376 g/mol. The molecule has 0 radical (unpaired) electrons. The maximum absolute atomic E-state index is 12.6. The van der Waals surface area contributed by atoms with Crippen molar-refractivity contribution in [3.63, 3.8) is 0 Å². The molecular formula is C20H28N2O5. The Labute approximate surface area is 159 Å². The molecule has 0 aromatic heterocycles. The zero-order valence-electron chi connectivity index (χ0n) is 16.1. The quantitative estimate of drug-likeness (QED) is 0.280. The fourth-order valence-electron chi connectivity index (χ4n) is 3.93. The molecule has 0 spiro atoms. The summed E-state index contributed by atoms with van der Waals surface area (Å²) < 4.78 is 0. The van der Waals surface area contributed by atoms with Gasteiger partial charge in [-0.15, -0.1) is 0 Å². The number of Topliss-reactive ketones (excluding diaryl/α,β-unsaturated/α-hetero) is 1. The summed E-state index contributed by atoms with van der Waals surface area (Å²) in [7, 11) is 0. The summed E-state index contributed by atoms with van der Waals surface area (Å²) in [5, 5.41) is 14.4. The van der Waals surface area contributed by atoms with E-state index in [-0.39, 0.29) is 29.9 Å². The molecule has 0 aliphatic heterocycles. The van der Waals surface area contributed by atoms with Crippen molar-refractivity contribution in [2.24, 2.45) is 5.92 Å². The third kappa shape index (κ3) is 5.07. The van der Waals surface area contributed by atoms with Gasteiger partial charge < -0.3 is 15.5 Å². The van der Waals surface area contributed by atoms with E-state index in [1.165, 1.54) is 6.92 Å². The van der Waals surface area contributed by atoms with Gasteiger partial charge in [0.05, 0.1) is 6.54 Å². The summed E-state index contributed by atoms with van der Waals surface area (Å²) in [5.41, 5.74) is 3.19. The number of rotatable bonds is 8. The number of ketones is 1. The first-order chi connectivity index (χ1) is 12.9. The summed E-state index contributed by atoms with van der Waals surface area (Å²) >= 11 is 0. The lowest BCUT2D eigenvalue weighted by molar-refractivity contribution is -0.138. The number of carbonyl (C=O) groups excluding carboxylic acids is 3. The molecule has 1 aliphatic rings. The molecule has 1 saturated carbocycles. The van der Waals surface area contributed by atoms with Crippen LogP contribution in [0.2, 0.25) is 0 Å². The molecule has 1 aromatic carbocycles. The van der Waals surface area contributed by atoms with Crippen molar-refractivity contribution >= 4 is 18.1 Å². The van der Waals surface area contributed by atoms with Crippen molar-refractivity contribution in [1.82, 2.24) is 10.6 Å². The number of hydrogen-bond donors (Lipinski definition) is 3. The number of benzene rings is 1. The zero-order valence-corrected chi connectivity index (χ0v) is 16.1. The van der Waals surface area contributed by atoms with Gasteiger partial charge in [0.1, 0.15) is 0 Å². The monoisotopic (exact) mass is 376 g/mol. The Morgan fingerprint density at radius 2 is 1.89 bits per heavy atom. The Balaban J connectivity index is 2.27. The van der Waals surface area contributed by atoms with Crippen molar-refractivity contribution in [3.8, 4) is 5.75 Å². The summed E-state index contributed by atoms with van der Waals surface area (Å²) in [6, 6.07) is 1.57. The maximum atomic E-state index is 12.6. The van der Waals surface area contributed by atoms with Crippen LogP contribution in [-0.4, -0.2) is 36.4 Å². The van der Waals surface area contributed by atoms with Crippen LogP contribution < -0.4 is 15.5 Å². The number of carbonyl (C=O) groups is 3. The van der Waals surface area contributed by atoms with Crippen LogP contribution in [0.4, 0.5) is 0 Å². The minimum absolute atomic E-state index is 0.0151. The van der Waals surface area contributed by atoms with E-state index in [0.717, 1.165) is 42.4 Å². The predicted molar refractivity (Wildman–Crippen MR) is 101 cm³/mol. The zero-order chi connectivity index (χ0) is 20.0. The van der Waals surface area contributed by atoms with Gasteiger partial charge in [-0.25, -0.2) is 5.26 Å². The second-order valence-electron chi connectivity index (χ2n) is 7.25. The molecule has 0 unspecified atom stereocenters. The third-order valence-corrected chi connectivity index (χ3v) is 5.54. The predicted octanol–water partition coefficient (Wildman–Crippen LogP) is 2.49. The van der Waals surface area contributed by atoms with Crippen LogP contribution >= 0.6 is 0 Å². The van der Waals surface area contributed by atoms with E-state index < -0.39 is 0 Å². The van der Waals surface area contributed by atoms with Gasteiger partial charge in [0.2, 0.25) is 12.3 Å². The Bertz CT molecular complexity index is 709. The molecule has 27 heavy (non-hydrogen) atoms. The first-order valence-electron chi connectivity index (χ1n) is 9.29. The van der Waals surface area contributed by atoms with Gasteiger partial charge in [-0.05, 0) is 74.1 Å². The summed E-state index contributed by atoms with van der Waals surface area (Å²) in [5.74, 6) is 0.699. The average Bonchev–Trinajstić information content (AvgIpc) is 2.66. The molecule has 0 atom stereocenters. The molecule has 3 N–H and O–H groups in total. The Morgan fingerprint density at radius 1 is 1.22 bits per heavy atom. The Kier molecular flexibility index (Phi) is 7.36. The summed E-state index contributed by atoms with van der Waals surface area (Å²) in [6.07, 6.45) is 4.29. The van der Waals surface area contributed by atoms with Crippen LogP contribution in [-0.2, 0) is 9.59 Å². The highest BCUT2D eigenvalue weighted by Crippen LogP contribution is 2.41. The fraction of sp³-hybridized carbons (Fsp3) is 0.550. The first-order valence-corrected chi connectivity index (χ1v) is 9.29. The van der Waals surface area contributed by atoms with Crippen LogP contribution in [0.5, 0.6) is 5.75 Å². The van der Waals surface area contributed by atoms with Crippen LogP contribution in [0.15, 0.2) is 6.07 Å². The second-order valence-corrected chi connectivity index (χ2v) is 7.25. The molecule has 148 valence electrons. The largest absolute Gasteiger partial charge is 0.356 e. The van der Waals surface area contributed by atoms with Crippen molar-refractivity contribution < 1.29 is 24.5 Å². The van der Waals surface area contributed by atoms with Crippen LogP contribution in [0.25, 0.3) is 0 Å². The second kappa shape index (κ2) is 9.50. The van der Waals surface area contributed by atoms with Crippen LogP contribution in [0.1, 0.15) is 65.6 Å². The highest BCUT2D eigenvalue weighted by atomic mass is 17.1. The molecule has 7 nitrogen and oxygen atoms in total. The third-order valence-electron chi connectivity index (χ3n) is 5.54. The molecule has 7 heteroatoms. The van der Waals surface area contributed by atoms with E-state index in [1.807, 2.05) is 13.8 Å². The molecule has 1 aromatic rings. The van der Waals surface area contributed by atoms with E-state index in [1.54, 1.807) is 6.07 Å². The number of nitrogens with one attached hydrogen (secondary N) is 2. The molecule has 1 aliphatic carbocycles. The molecule has 0 saturated heterocycles. The van der Waals surface area contributed by atoms with Crippen molar-refractivity contribution in [1.29, 1.82) is 0 Å². The smallest absolute Gasteiger partial charge is 0.216 e. The molecule has 2 amide bonds. The summed E-state index contributed by atoms with van der Waals surface area (Å²) in [6.45, 7) is 5.90. The van der Waals surface area contributed by atoms with Gasteiger partial charge in [0, 0.05) is 19.0 Å². The Morgan fingerprint density at radius 3 is 2.44 bits per heavy atom. The Hall–Kier alpha value is -2.41. The fourth-order valence-corrected chi connectivity index (χ4v) is 3.93. The highest BCUT2D eigenvalue weighted by molar-refractivity contribution is 6.00. The normalized spacial score (nSPS) is 19.3. The van der Waals surface area contributed by atoms with Gasteiger partial charge in [-0.1, -0.05) is 0 Å². The summed E-state index contributed by atoms with van der Waals surface area (Å²) in [4.78, 5) is 38.8. The van der Waals surface area contributed by atoms with Gasteiger partial charge in [-0.3, -0.25) is 14.4 Å². The van der Waals surface area contributed by atoms with E-state index in [0.29, 0.717) is 24.4 Å². The van der Waals surface area contributed by atoms with Gasteiger partial charge >= 0.3 is 0 Å². The molecule has 0 bridgehead atoms. The van der Waals surface area contributed by atoms with Crippen molar-refractivity contribution in [2.75, 3.05) is 13.1 Å². The van der Waals surface area contributed by atoms with Crippen LogP contribution in [0.3, 0.4) is 0 Å². The SMILES string of the molecule is CC(=O)NCC1CCC(c2c(C(=O)CNC=O)cc(OO)c(C)c2C)CC1. The van der Waals surface area contributed by atoms with E-state index >= 15 is 0 Å². The lowest BCUT2D eigenvalue weighted by Crippen LogP contribution is -2.30. The van der Waals surface area contributed by atoms with Gasteiger partial charge in [0.25, 0.3) is 0 Å². The van der Waals surface area contributed by atoms with Crippen LogP contribution in [0, 0.1) is 19.8 Å². The van der Waals surface area contributed by atoms with Gasteiger partial charge in [-0.2, -0.15) is 0 Å². The van der Waals surface area contributed by atoms with Gasteiger partial charge in [0.15, 0.2) is 11.5 Å². The molecule has 2 rings (SSSR count). The lowest BCUT2D eigenvalue weighted by Gasteiger charge is -2.31. The minimum Gasteiger partial charge on any atom is -0.356 e.